The van der Waals surface area contributed by atoms with Gasteiger partial charge in [0.05, 0.1) is 5.56 Å². The number of aryl methyl sites for hydroxylation is 1. The molecule has 0 fully saturated rings. The van der Waals surface area contributed by atoms with Gasteiger partial charge in [-0.2, -0.15) is 0 Å². The zero-order valence-corrected chi connectivity index (χ0v) is 12.3. The van der Waals surface area contributed by atoms with Crippen molar-refractivity contribution in [1.29, 1.82) is 0 Å². The average Bonchev–Trinajstić information content (AvgIpc) is 2.46. The average molecular weight is 298 g/mol. The normalized spacial score (nSPS) is 12.5. The Morgan fingerprint density at radius 3 is 2.59 bits per heavy atom. The maximum Gasteiger partial charge on any atom is 0.203 e. The fourth-order valence-electron chi connectivity index (χ4n) is 2.58. The first-order valence-electron chi connectivity index (χ1n) is 6.99. The monoisotopic (exact) mass is 298 g/mol. The molecule has 112 valence electrons. The van der Waals surface area contributed by atoms with Crippen molar-refractivity contribution in [3.05, 3.63) is 69.8 Å². The van der Waals surface area contributed by atoms with E-state index in [1.165, 1.54) is 25.1 Å². The quantitative estimate of drug-likeness (QED) is 0.779. The Labute approximate surface area is 126 Å². The van der Waals surface area contributed by atoms with Gasteiger partial charge in [-0.15, -0.1) is 0 Å². The zero-order valence-electron chi connectivity index (χ0n) is 12.3. The molecule has 0 saturated heterocycles. The molecule has 1 N–H and O–H groups in total. The maximum atomic E-state index is 14.0. The summed E-state index contributed by atoms with van der Waals surface area (Å²) in [5.41, 5.74) is 1.44. The Kier molecular flexibility index (Phi) is 3.54. The standard InChI is InChI=1S/C18H15FO3/c1-10-5-3-6-12(9-10)15-17(21)16-13(19)7-4-8-14(16)22-18(15)11(2)20/h3-9,11,20H,1-2H3/t11-/m1/s1. The summed E-state index contributed by atoms with van der Waals surface area (Å²) in [7, 11) is 0. The number of hydrogen-bond donors (Lipinski definition) is 1. The summed E-state index contributed by atoms with van der Waals surface area (Å²) in [6.45, 7) is 3.41. The minimum absolute atomic E-state index is 0.0941. The molecule has 0 spiro atoms. The van der Waals surface area contributed by atoms with Gasteiger partial charge in [-0.25, -0.2) is 4.39 Å². The number of rotatable bonds is 2. The second-order valence-electron chi connectivity index (χ2n) is 5.33. The van der Waals surface area contributed by atoms with E-state index in [1.54, 1.807) is 6.07 Å². The van der Waals surface area contributed by atoms with E-state index in [2.05, 4.69) is 0 Å². The summed E-state index contributed by atoms with van der Waals surface area (Å²) in [5.74, 6) is -0.481. The second-order valence-corrected chi connectivity index (χ2v) is 5.33. The highest BCUT2D eigenvalue weighted by Gasteiger charge is 2.21. The third-order valence-corrected chi connectivity index (χ3v) is 3.58. The number of halogens is 1. The third kappa shape index (κ3) is 2.31. The second kappa shape index (κ2) is 5.39. The first kappa shape index (κ1) is 14.5. The molecule has 0 aliphatic rings. The van der Waals surface area contributed by atoms with Crippen molar-refractivity contribution in [1.82, 2.24) is 0 Å². The molecule has 0 amide bonds. The summed E-state index contributed by atoms with van der Waals surface area (Å²) in [6, 6.07) is 11.5. The lowest BCUT2D eigenvalue weighted by Crippen LogP contribution is -2.12. The van der Waals surface area contributed by atoms with Gasteiger partial charge in [0.1, 0.15) is 28.7 Å². The van der Waals surface area contributed by atoms with Gasteiger partial charge < -0.3 is 9.52 Å². The van der Waals surface area contributed by atoms with Gasteiger partial charge in [0.25, 0.3) is 0 Å². The summed E-state index contributed by atoms with van der Waals surface area (Å²) in [6.07, 6.45) is -0.976. The van der Waals surface area contributed by atoms with Crippen LogP contribution in [-0.2, 0) is 0 Å². The van der Waals surface area contributed by atoms with Crippen LogP contribution < -0.4 is 5.43 Å². The Morgan fingerprint density at radius 2 is 1.91 bits per heavy atom. The lowest BCUT2D eigenvalue weighted by molar-refractivity contribution is 0.171. The van der Waals surface area contributed by atoms with E-state index in [4.69, 9.17) is 4.42 Å². The van der Waals surface area contributed by atoms with Crippen LogP contribution >= 0.6 is 0 Å². The van der Waals surface area contributed by atoms with Crippen molar-refractivity contribution in [2.45, 2.75) is 20.0 Å². The minimum atomic E-state index is -0.976. The van der Waals surface area contributed by atoms with Crippen LogP contribution in [0.25, 0.3) is 22.1 Å². The molecule has 22 heavy (non-hydrogen) atoms. The van der Waals surface area contributed by atoms with E-state index in [1.807, 2.05) is 25.1 Å². The molecule has 1 aromatic heterocycles. The molecular weight excluding hydrogens is 283 g/mol. The van der Waals surface area contributed by atoms with Crippen LogP contribution in [0.3, 0.4) is 0 Å². The van der Waals surface area contributed by atoms with E-state index in [9.17, 15) is 14.3 Å². The third-order valence-electron chi connectivity index (χ3n) is 3.58. The summed E-state index contributed by atoms with van der Waals surface area (Å²) in [5, 5.41) is 9.87. The molecule has 1 heterocycles. The summed E-state index contributed by atoms with van der Waals surface area (Å²) in [4.78, 5) is 12.8. The molecule has 3 nitrogen and oxygen atoms in total. The van der Waals surface area contributed by atoms with E-state index >= 15 is 0 Å². The molecule has 2 aromatic carbocycles. The van der Waals surface area contributed by atoms with Gasteiger partial charge in [-0.1, -0.05) is 35.9 Å². The van der Waals surface area contributed by atoms with Crippen molar-refractivity contribution in [3.8, 4) is 11.1 Å². The van der Waals surface area contributed by atoms with E-state index in [-0.39, 0.29) is 22.3 Å². The fraction of sp³-hybridized carbons (Fsp3) is 0.167. The lowest BCUT2D eigenvalue weighted by Gasteiger charge is -2.12. The predicted octanol–water partition coefficient (Wildman–Crippen LogP) is 3.96. The Bertz CT molecular complexity index is 910. The first-order valence-corrected chi connectivity index (χ1v) is 6.99. The van der Waals surface area contributed by atoms with Gasteiger partial charge >= 0.3 is 0 Å². The van der Waals surface area contributed by atoms with Crippen LogP contribution in [0.2, 0.25) is 0 Å². The largest absolute Gasteiger partial charge is 0.457 e. The lowest BCUT2D eigenvalue weighted by atomic mass is 9.98. The molecule has 3 rings (SSSR count). The molecule has 3 aromatic rings. The first-order chi connectivity index (χ1) is 10.5. The Morgan fingerprint density at radius 1 is 1.18 bits per heavy atom. The number of fused-ring (bicyclic) bond motifs is 1. The van der Waals surface area contributed by atoms with Gasteiger partial charge in [-0.3, -0.25) is 4.79 Å². The van der Waals surface area contributed by atoms with E-state index in [0.717, 1.165) is 5.56 Å². The SMILES string of the molecule is Cc1cccc(-c2c([C@@H](C)O)oc3cccc(F)c3c2=O)c1. The number of aliphatic hydroxyl groups excluding tert-OH is 1. The van der Waals surface area contributed by atoms with Crippen LogP contribution in [0.15, 0.2) is 51.7 Å². The number of aliphatic hydroxyl groups is 1. The van der Waals surface area contributed by atoms with Crippen LogP contribution in [-0.4, -0.2) is 5.11 Å². The highest BCUT2D eigenvalue weighted by Crippen LogP contribution is 2.30. The van der Waals surface area contributed by atoms with Crippen LogP contribution in [0, 0.1) is 12.7 Å². The predicted molar refractivity (Wildman–Crippen MR) is 83.2 cm³/mol. The fourth-order valence-corrected chi connectivity index (χ4v) is 2.58. The van der Waals surface area contributed by atoms with Gasteiger partial charge in [0.2, 0.25) is 5.43 Å². The minimum Gasteiger partial charge on any atom is -0.457 e. The molecule has 4 heteroatoms. The summed E-state index contributed by atoms with van der Waals surface area (Å²) < 4.78 is 19.7. The number of benzene rings is 2. The Hall–Kier alpha value is -2.46. The van der Waals surface area contributed by atoms with Gasteiger partial charge in [-0.05, 0) is 31.5 Å². The van der Waals surface area contributed by atoms with Crippen molar-refractivity contribution in [2.75, 3.05) is 0 Å². The van der Waals surface area contributed by atoms with Crippen molar-refractivity contribution in [2.24, 2.45) is 0 Å². The molecule has 0 aliphatic heterocycles. The maximum absolute atomic E-state index is 14.0. The van der Waals surface area contributed by atoms with Crippen LogP contribution in [0.4, 0.5) is 4.39 Å². The van der Waals surface area contributed by atoms with E-state index < -0.39 is 17.3 Å². The van der Waals surface area contributed by atoms with Crippen molar-refractivity contribution < 1.29 is 13.9 Å². The Balaban J connectivity index is 2.46. The molecule has 0 aliphatic carbocycles. The number of hydrogen-bond acceptors (Lipinski definition) is 3. The molecule has 1 atom stereocenters. The smallest absolute Gasteiger partial charge is 0.203 e. The molecular formula is C18H15FO3. The van der Waals surface area contributed by atoms with Gasteiger partial charge in [0, 0.05) is 0 Å². The van der Waals surface area contributed by atoms with Gasteiger partial charge in [0.15, 0.2) is 0 Å². The molecule has 0 radical (unpaired) electrons. The van der Waals surface area contributed by atoms with Crippen LogP contribution in [0.5, 0.6) is 0 Å². The van der Waals surface area contributed by atoms with Crippen molar-refractivity contribution in [3.63, 3.8) is 0 Å². The molecule has 0 unspecified atom stereocenters. The summed E-state index contributed by atoms with van der Waals surface area (Å²) >= 11 is 0. The molecule has 0 bridgehead atoms. The van der Waals surface area contributed by atoms with Crippen LogP contribution in [0.1, 0.15) is 24.4 Å². The topological polar surface area (TPSA) is 50.4 Å². The highest BCUT2D eigenvalue weighted by molar-refractivity contribution is 5.83. The molecule has 0 saturated carbocycles. The van der Waals surface area contributed by atoms with E-state index in [0.29, 0.717) is 5.56 Å². The van der Waals surface area contributed by atoms with Crippen molar-refractivity contribution >= 4 is 11.0 Å². The highest BCUT2D eigenvalue weighted by atomic mass is 19.1. The zero-order chi connectivity index (χ0) is 15.9.